The van der Waals surface area contributed by atoms with Gasteiger partial charge < -0.3 is 11.5 Å². The van der Waals surface area contributed by atoms with E-state index in [-0.39, 0.29) is 45.9 Å². The predicted octanol–water partition coefficient (Wildman–Crippen LogP) is 13.0. The summed E-state index contributed by atoms with van der Waals surface area (Å²) in [5, 5.41) is 13.4. The molecule has 4 N–H and O–H groups in total. The summed E-state index contributed by atoms with van der Waals surface area (Å²) in [6.45, 7) is 16.4. The molecule has 8 heteroatoms. The largest absolute Gasteiger partial charge is 0.399 e. The molecule has 0 radical (unpaired) electrons. The van der Waals surface area contributed by atoms with Gasteiger partial charge in [-0.05, 0) is 208 Å². The lowest BCUT2D eigenvalue weighted by Crippen LogP contribution is -2.26. The van der Waals surface area contributed by atoms with Crippen molar-refractivity contribution in [3.05, 3.63) is 185 Å². The van der Waals surface area contributed by atoms with Gasteiger partial charge in [0.05, 0.1) is 32.9 Å². The molecule has 9 aromatic carbocycles. The van der Waals surface area contributed by atoms with Gasteiger partial charge in [-0.25, -0.2) is 9.13 Å². The standard InChI is InChI=1S/C60H52N4O4/c1-29(2)47-25-45(61)26-48(30(3)4)55(47)63-57(65)51-21-41-17-37-13-33-9-11-35-15-39-19-43-23-53-54(60(68)64(59(53)67)56-49(31(5)6)27-46(62)28-50(56)32(7)8)24-44(43)20-40(39)16-36(35)12-10-34(33)14-38(37)18-42(41)22-52(51)58(63)66/h9-32H,61-62H2,1-8H3. The van der Waals surface area contributed by atoms with Crippen molar-refractivity contribution in [2.75, 3.05) is 11.5 Å². The molecule has 0 aliphatic heterocycles. The molecule has 11 aromatic rings. The number of fused-ring (bicyclic) bond motifs is 8. The topological polar surface area (TPSA) is 130 Å². The van der Waals surface area contributed by atoms with Crippen LogP contribution in [0, 0.1) is 0 Å². The van der Waals surface area contributed by atoms with E-state index in [1.165, 1.54) is 9.13 Å². The molecule has 336 valence electrons. The Morgan fingerprint density at radius 2 is 0.485 bits per heavy atom. The lowest BCUT2D eigenvalue weighted by Gasteiger charge is -2.20. The number of nitrogens with zero attached hydrogens (tertiary/aromatic N) is 2. The maximum Gasteiger partial charge on any atom is 0.266 e. The van der Waals surface area contributed by atoms with E-state index < -0.39 is 0 Å². The fourth-order valence-corrected chi connectivity index (χ4v) is 10.7. The van der Waals surface area contributed by atoms with Gasteiger partial charge in [0, 0.05) is 11.4 Å². The molecule has 2 heterocycles. The molecule has 0 atom stereocenters. The molecule has 0 aliphatic carbocycles. The van der Waals surface area contributed by atoms with E-state index in [2.05, 4.69) is 128 Å². The second-order valence-electron chi connectivity index (χ2n) is 20.1. The molecule has 0 aliphatic rings. The SMILES string of the molecule is CC(C)c1cc(N)cc(C(C)C)c1-n1c(=O)c2cc3cc4cc5ccc6cc7cc8cc9c(=O)n(-c%10c(C(C)C)cc(N)cc%10C(C)C)c(=O)c9cc8cc7cc6ccc5cc4cc3cc2c1=O. The van der Waals surface area contributed by atoms with Gasteiger partial charge in [-0.15, -0.1) is 0 Å². The Morgan fingerprint density at radius 1 is 0.294 bits per heavy atom. The van der Waals surface area contributed by atoms with E-state index in [1.54, 1.807) is 0 Å². The lowest BCUT2D eigenvalue weighted by molar-refractivity contribution is 0.796. The molecule has 0 spiro atoms. The molecule has 0 saturated carbocycles. The smallest absolute Gasteiger partial charge is 0.266 e. The Balaban J connectivity index is 1.04. The highest BCUT2D eigenvalue weighted by Gasteiger charge is 2.25. The van der Waals surface area contributed by atoms with E-state index in [9.17, 15) is 19.2 Å². The number of anilines is 2. The Hall–Kier alpha value is -7.84. The number of hydrogen-bond donors (Lipinski definition) is 2. The highest BCUT2D eigenvalue weighted by molar-refractivity contribution is 6.10. The number of nitrogens with two attached hydrogens (primary N) is 2. The fourth-order valence-electron chi connectivity index (χ4n) is 10.7. The molecule has 68 heavy (non-hydrogen) atoms. The molecular weight excluding hydrogens is 841 g/mol. The molecule has 11 rings (SSSR count). The summed E-state index contributed by atoms with van der Waals surface area (Å²) in [6, 6.07) is 40.7. The predicted molar refractivity (Wildman–Crippen MR) is 287 cm³/mol. The van der Waals surface area contributed by atoms with Crippen molar-refractivity contribution in [2.24, 2.45) is 0 Å². The Labute approximate surface area is 392 Å². The summed E-state index contributed by atoms with van der Waals surface area (Å²) in [5.41, 5.74) is 17.4. The Bertz CT molecular complexity index is 3740. The van der Waals surface area contributed by atoms with Crippen LogP contribution in [0.4, 0.5) is 11.4 Å². The molecule has 0 fully saturated rings. The van der Waals surface area contributed by atoms with E-state index in [0.717, 1.165) is 86.9 Å². The molecule has 0 unspecified atom stereocenters. The van der Waals surface area contributed by atoms with Crippen LogP contribution < -0.4 is 33.7 Å². The number of aromatic nitrogens is 2. The highest BCUT2D eigenvalue weighted by Crippen LogP contribution is 2.37. The minimum Gasteiger partial charge on any atom is -0.399 e. The van der Waals surface area contributed by atoms with Crippen LogP contribution in [0.25, 0.3) is 97.6 Å². The molecule has 8 nitrogen and oxygen atoms in total. The fraction of sp³-hybridized carbons (Fsp3) is 0.200. The third-order valence-electron chi connectivity index (χ3n) is 14.2. The van der Waals surface area contributed by atoms with Crippen LogP contribution in [0.15, 0.2) is 141 Å². The molecule has 0 saturated heterocycles. The van der Waals surface area contributed by atoms with Gasteiger partial charge >= 0.3 is 0 Å². The minimum atomic E-state index is -0.320. The summed E-state index contributed by atoms with van der Waals surface area (Å²) >= 11 is 0. The first-order chi connectivity index (χ1) is 32.4. The number of nitrogen functional groups attached to an aromatic ring is 2. The quantitative estimate of drug-likeness (QED) is 0.126. The van der Waals surface area contributed by atoms with Crippen molar-refractivity contribution in [3.63, 3.8) is 0 Å². The Kier molecular flexibility index (Phi) is 9.66. The van der Waals surface area contributed by atoms with Crippen LogP contribution >= 0.6 is 0 Å². The first-order valence-corrected chi connectivity index (χ1v) is 23.6. The van der Waals surface area contributed by atoms with E-state index in [4.69, 9.17) is 11.5 Å². The normalized spacial score (nSPS) is 12.4. The third-order valence-corrected chi connectivity index (χ3v) is 14.2. The van der Waals surface area contributed by atoms with Crippen LogP contribution in [0.2, 0.25) is 0 Å². The van der Waals surface area contributed by atoms with E-state index >= 15 is 0 Å². The second kappa shape index (κ2) is 15.4. The van der Waals surface area contributed by atoms with Gasteiger partial charge in [0.1, 0.15) is 0 Å². The molecule has 2 aromatic heterocycles. The first kappa shape index (κ1) is 42.8. The van der Waals surface area contributed by atoms with Gasteiger partial charge in [-0.2, -0.15) is 0 Å². The second-order valence-corrected chi connectivity index (χ2v) is 20.1. The number of rotatable bonds is 6. The summed E-state index contributed by atoms with van der Waals surface area (Å²) in [6.07, 6.45) is 0. The highest BCUT2D eigenvalue weighted by atomic mass is 16.2. The van der Waals surface area contributed by atoms with Crippen molar-refractivity contribution in [1.29, 1.82) is 0 Å². The monoisotopic (exact) mass is 892 g/mol. The molecule has 0 bridgehead atoms. The minimum absolute atomic E-state index is 0.0443. The van der Waals surface area contributed by atoms with Crippen LogP contribution in [-0.2, 0) is 0 Å². The van der Waals surface area contributed by atoms with Crippen LogP contribution in [0.1, 0.15) is 101 Å². The zero-order valence-corrected chi connectivity index (χ0v) is 39.5. The first-order valence-electron chi connectivity index (χ1n) is 23.6. The van der Waals surface area contributed by atoms with Crippen LogP contribution in [-0.4, -0.2) is 9.13 Å². The number of hydrogen-bond acceptors (Lipinski definition) is 6. The lowest BCUT2D eigenvalue weighted by atomic mass is 9.91. The van der Waals surface area contributed by atoms with Gasteiger partial charge in [-0.1, -0.05) is 79.7 Å². The van der Waals surface area contributed by atoms with Gasteiger partial charge in [0.25, 0.3) is 22.2 Å². The summed E-state index contributed by atoms with van der Waals surface area (Å²) < 4.78 is 2.74. The van der Waals surface area contributed by atoms with Crippen LogP contribution in [0.3, 0.4) is 0 Å². The average molecular weight is 893 g/mol. The molecule has 0 amide bonds. The third kappa shape index (κ3) is 6.56. The van der Waals surface area contributed by atoms with Crippen LogP contribution in [0.5, 0.6) is 0 Å². The average Bonchev–Trinajstić information content (AvgIpc) is 3.67. The maximum atomic E-state index is 14.3. The summed E-state index contributed by atoms with van der Waals surface area (Å²) in [7, 11) is 0. The van der Waals surface area contributed by atoms with Crippen molar-refractivity contribution < 1.29 is 0 Å². The zero-order chi connectivity index (χ0) is 47.8. The van der Waals surface area contributed by atoms with Crippen molar-refractivity contribution >= 4 is 97.6 Å². The zero-order valence-electron chi connectivity index (χ0n) is 39.5. The van der Waals surface area contributed by atoms with E-state index in [0.29, 0.717) is 44.3 Å². The van der Waals surface area contributed by atoms with Crippen molar-refractivity contribution in [3.8, 4) is 11.4 Å². The van der Waals surface area contributed by atoms with E-state index in [1.807, 2.05) is 48.5 Å². The van der Waals surface area contributed by atoms with Gasteiger partial charge in [-0.3, -0.25) is 19.2 Å². The number of benzene rings is 8. The Morgan fingerprint density at radius 3 is 0.691 bits per heavy atom. The molecular formula is C60H52N4O4. The summed E-state index contributed by atoms with van der Waals surface area (Å²) in [4.78, 5) is 57.1. The summed E-state index contributed by atoms with van der Waals surface area (Å²) in [5.74, 6) is 0.177. The van der Waals surface area contributed by atoms with Crippen molar-refractivity contribution in [1.82, 2.24) is 9.13 Å². The van der Waals surface area contributed by atoms with Crippen molar-refractivity contribution in [2.45, 2.75) is 79.1 Å². The van der Waals surface area contributed by atoms with Gasteiger partial charge in [0.15, 0.2) is 0 Å². The maximum absolute atomic E-state index is 14.3. The van der Waals surface area contributed by atoms with Gasteiger partial charge in [0.2, 0.25) is 0 Å².